The molecule has 4 heteroatoms. The monoisotopic (exact) mass is 323 g/mol. The molecule has 1 N–H and O–H groups in total. The quantitative estimate of drug-likeness (QED) is 0.844. The average molecular weight is 323 g/mol. The minimum absolute atomic E-state index is 0.138. The van der Waals surface area contributed by atoms with Crippen LogP contribution in [0.3, 0.4) is 0 Å². The van der Waals surface area contributed by atoms with Crippen LogP contribution in [0.15, 0.2) is 60.7 Å². The van der Waals surface area contributed by atoms with Crippen LogP contribution >= 0.6 is 0 Å². The highest BCUT2D eigenvalue weighted by Gasteiger charge is 2.00. The van der Waals surface area contributed by atoms with E-state index >= 15 is 0 Å². The summed E-state index contributed by atoms with van der Waals surface area (Å²) in [4.78, 5) is 22.7. The third-order valence-electron chi connectivity index (χ3n) is 3.29. The molecular weight excluding hydrogens is 302 g/mol. The highest BCUT2D eigenvalue weighted by atomic mass is 16.5. The van der Waals surface area contributed by atoms with Crippen molar-refractivity contribution in [3.05, 3.63) is 77.4 Å². The average Bonchev–Trinajstić information content (AvgIpc) is 2.58. The number of alkyl carbamates (subject to hydrolysis) is 1. The van der Waals surface area contributed by atoms with Crippen molar-refractivity contribution in [1.82, 2.24) is 5.32 Å². The standard InChI is InChI=1S/C20H21NO3/c1-16(22)13-19-10-5-9-17(14-19)11-6-12-21-20(23)24-15-18-7-3-2-4-8-18/h2-11,14H,12-13,15H2,1H3,(H,21,23). The number of benzene rings is 2. The van der Waals surface area contributed by atoms with Gasteiger partial charge in [-0.2, -0.15) is 0 Å². The summed E-state index contributed by atoms with van der Waals surface area (Å²) in [5, 5.41) is 2.67. The van der Waals surface area contributed by atoms with Crippen molar-refractivity contribution in [2.75, 3.05) is 6.54 Å². The molecule has 0 aliphatic carbocycles. The summed E-state index contributed by atoms with van der Waals surface area (Å²) >= 11 is 0. The Kier molecular flexibility index (Phi) is 6.77. The SMILES string of the molecule is CC(=O)Cc1cccc(C=CCNC(=O)OCc2ccccc2)c1. The molecule has 24 heavy (non-hydrogen) atoms. The maximum Gasteiger partial charge on any atom is 0.407 e. The van der Waals surface area contributed by atoms with E-state index in [1.54, 1.807) is 6.92 Å². The molecule has 2 rings (SSSR count). The van der Waals surface area contributed by atoms with Gasteiger partial charge in [-0.1, -0.05) is 66.7 Å². The number of rotatable bonds is 7. The van der Waals surface area contributed by atoms with Gasteiger partial charge in [0.1, 0.15) is 12.4 Å². The maximum absolute atomic E-state index is 11.6. The predicted molar refractivity (Wildman–Crippen MR) is 94.5 cm³/mol. The number of ether oxygens (including phenoxy) is 1. The van der Waals surface area contributed by atoms with Gasteiger partial charge in [-0.25, -0.2) is 4.79 Å². The van der Waals surface area contributed by atoms with Crippen LogP contribution in [0.5, 0.6) is 0 Å². The van der Waals surface area contributed by atoms with Gasteiger partial charge in [0, 0.05) is 13.0 Å². The van der Waals surface area contributed by atoms with Gasteiger partial charge in [-0.3, -0.25) is 4.79 Å². The molecule has 0 saturated heterocycles. The van der Waals surface area contributed by atoms with E-state index in [-0.39, 0.29) is 12.4 Å². The molecule has 0 heterocycles. The largest absolute Gasteiger partial charge is 0.445 e. The summed E-state index contributed by atoms with van der Waals surface area (Å²) in [7, 11) is 0. The molecule has 0 aliphatic heterocycles. The van der Waals surface area contributed by atoms with Crippen LogP contribution in [0.1, 0.15) is 23.6 Å². The molecule has 0 spiro atoms. The van der Waals surface area contributed by atoms with Gasteiger partial charge >= 0.3 is 6.09 Å². The van der Waals surface area contributed by atoms with Crippen LogP contribution in [0.25, 0.3) is 6.08 Å². The van der Waals surface area contributed by atoms with E-state index < -0.39 is 6.09 Å². The predicted octanol–water partition coefficient (Wildman–Crippen LogP) is 3.76. The second kappa shape index (κ2) is 9.30. The third-order valence-corrected chi connectivity index (χ3v) is 3.29. The lowest BCUT2D eigenvalue weighted by atomic mass is 10.1. The lowest BCUT2D eigenvalue weighted by Crippen LogP contribution is -2.24. The molecule has 2 aromatic carbocycles. The van der Waals surface area contributed by atoms with Gasteiger partial charge in [-0.05, 0) is 23.6 Å². The van der Waals surface area contributed by atoms with Crippen molar-refractivity contribution in [3.8, 4) is 0 Å². The van der Waals surface area contributed by atoms with E-state index in [4.69, 9.17) is 4.74 Å². The lowest BCUT2D eigenvalue weighted by molar-refractivity contribution is -0.116. The normalized spacial score (nSPS) is 10.5. The number of amides is 1. The molecule has 0 fully saturated rings. The first-order chi connectivity index (χ1) is 11.6. The van der Waals surface area contributed by atoms with Gasteiger partial charge in [0.25, 0.3) is 0 Å². The molecule has 0 aliphatic rings. The summed E-state index contributed by atoms with van der Waals surface area (Å²) in [6, 6.07) is 17.3. The third kappa shape index (κ3) is 6.48. The topological polar surface area (TPSA) is 55.4 Å². The molecule has 0 radical (unpaired) electrons. The summed E-state index contributed by atoms with van der Waals surface area (Å²) in [6.45, 7) is 2.21. The van der Waals surface area contributed by atoms with Gasteiger partial charge < -0.3 is 10.1 Å². The number of nitrogens with one attached hydrogen (secondary N) is 1. The van der Waals surface area contributed by atoms with Gasteiger partial charge in [0.2, 0.25) is 0 Å². The fourth-order valence-electron chi connectivity index (χ4n) is 2.21. The number of carbonyl (C=O) groups excluding carboxylic acids is 2. The molecule has 0 atom stereocenters. The minimum atomic E-state index is -0.450. The van der Waals surface area contributed by atoms with E-state index in [9.17, 15) is 9.59 Å². The Labute approximate surface area is 142 Å². The fourth-order valence-corrected chi connectivity index (χ4v) is 2.21. The van der Waals surface area contributed by atoms with E-state index in [1.165, 1.54) is 0 Å². The maximum atomic E-state index is 11.6. The van der Waals surface area contributed by atoms with E-state index in [0.29, 0.717) is 13.0 Å². The number of Topliss-reactive ketones (excluding diaryl/α,β-unsaturated/α-hetero) is 1. The first kappa shape index (κ1) is 17.5. The number of carbonyl (C=O) groups is 2. The molecule has 0 saturated carbocycles. The zero-order valence-corrected chi connectivity index (χ0v) is 13.7. The smallest absolute Gasteiger partial charge is 0.407 e. The fraction of sp³-hybridized carbons (Fsp3) is 0.200. The number of hydrogen-bond donors (Lipinski definition) is 1. The molecule has 0 aromatic heterocycles. The molecule has 4 nitrogen and oxygen atoms in total. The summed E-state index contributed by atoms with van der Waals surface area (Å²) < 4.78 is 5.12. The first-order valence-corrected chi connectivity index (χ1v) is 7.83. The second-order valence-corrected chi connectivity index (χ2v) is 5.47. The highest BCUT2D eigenvalue weighted by molar-refractivity contribution is 5.78. The Morgan fingerprint density at radius 1 is 1.04 bits per heavy atom. The van der Waals surface area contributed by atoms with Crippen LogP contribution in [-0.4, -0.2) is 18.4 Å². The first-order valence-electron chi connectivity index (χ1n) is 7.83. The summed E-state index contributed by atoms with van der Waals surface area (Å²) in [6.07, 6.45) is 3.73. The van der Waals surface area contributed by atoms with Crippen molar-refractivity contribution < 1.29 is 14.3 Å². The summed E-state index contributed by atoms with van der Waals surface area (Å²) in [5.41, 5.74) is 2.93. The van der Waals surface area contributed by atoms with Gasteiger partial charge in [0.05, 0.1) is 0 Å². The Balaban J connectivity index is 1.74. The number of hydrogen-bond acceptors (Lipinski definition) is 3. The van der Waals surface area contributed by atoms with Crippen molar-refractivity contribution in [2.24, 2.45) is 0 Å². The Morgan fingerprint density at radius 2 is 1.79 bits per heavy atom. The van der Waals surface area contributed by atoms with Crippen LogP contribution in [0.4, 0.5) is 4.79 Å². The molecule has 0 bridgehead atoms. The molecular formula is C20H21NO3. The van der Waals surface area contributed by atoms with E-state index in [0.717, 1.165) is 16.7 Å². The number of ketones is 1. The molecule has 2 aromatic rings. The van der Waals surface area contributed by atoms with Crippen LogP contribution in [0.2, 0.25) is 0 Å². The van der Waals surface area contributed by atoms with E-state index in [2.05, 4.69) is 5.32 Å². The second-order valence-electron chi connectivity index (χ2n) is 5.47. The highest BCUT2D eigenvalue weighted by Crippen LogP contribution is 2.08. The Morgan fingerprint density at radius 3 is 2.54 bits per heavy atom. The van der Waals surface area contributed by atoms with Crippen LogP contribution in [-0.2, 0) is 22.6 Å². The zero-order chi connectivity index (χ0) is 17.2. The van der Waals surface area contributed by atoms with E-state index in [1.807, 2.05) is 66.7 Å². The lowest BCUT2D eigenvalue weighted by Gasteiger charge is -2.05. The molecule has 1 amide bonds. The summed E-state index contributed by atoms with van der Waals surface area (Å²) in [5.74, 6) is 0.138. The zero-order valence-electron chi connectivity index (χ0n) is 13.7. The Bertz CT molecular complexity index is 708. The van der Waals surface area contributed by atoms with Gasteiger partial charge in [0.15, 0.2) is 0 Å². The molecule has 124 valence electrons. The van der Waals surface area contributed by atoms with Crippen LogP contribution in [0, 0.1) is 0 Å². The minimum Gasteiger partial charge on any atom is -0.445 e. The van der Waals surface area contributed by atoms with Crippen molar-refractivity contribution in [3.63, 3.8) is 0 Å². The Hall–Kier alpha value is -2.88. The van der Waals surface area contributed by atoms with Crippen LogP contribution < -0.4 is 5.32 Å². The molecule has 0 unspecified atom stereocenters. The van der Waals surface area contributed by atoms with Gasteiger partial charge in [-0.15, -0.1) is 0 Å². The van der Waals surface area contributed by atoms with Crippen molar-refractivity contribution in [2.45, 2.75) is 20.0 Å². The van der Waals surface area contributed by atoms with Crippen molar-refractivity contribution >= 4 is 18.0 Å². The van der Waals surface area contributed by atoms with Crippen molar-refractivity contribution in [1.29, 1.82) is 0 Å².